The largest absolute Gasteiger partial charge is 0.418 e. The minimum atomic E-state index is -4.49. The molecular weight excluding hydrogens is 284 g/mol. The molecule has 21 heavy (non-hydrogen) atoms. The van der Waals surface area contributed by atoms with Crippen LogP contribution in [0.15, 0.2) is 42.5 Å². The number of nitrogens with one attached hydrogen (secondary N) is 1. The molecule has 2 aromatic rings. The van der Waals surface area contributed by atoms with Gasteiger partial charge in [-0.05, 0) is 36.2 Å². The second-order valence-corrected chi connectivity index (χ2v) is 4.57. The molecule has 2 aromatic carbocycles. The Morgan fingerprint density at radius 1 is 1.05 bits per heavy atom. The number of nitrogen functional groups attached to an aromatic ring is 1. The zero-order valence-corrected chi connectivity index (χ0v) is 11.0. The second kappa shape index (κ2) is 6.03. The zero-order valence-electron chi connectivity index (χ0n) is 11.0. The molecule has 0 aliphatic heterocycles. The van der Waals surface area contributed by atoms with Crippen LogP contribution >= 0.6 is 0 Å². The molecule has 6 heteroatoms. The molecule has 112 valence electrons. The second-order valence-electron chi connectivity index (χ2n) is 4.57. The lowest BCUT2D eigenvalue weighted by Gasteiger charge is -2.15. The zero-order chi connectivity index (χ0) is 15.5. The molecule has 0 bridgehead atoms. The molecule has 0 saturated carbocycles. The summed E-state index contributed by atoms with van der Waals surface area (Å²) in [6.45, 7) is 0.188. The maximum absolute atomic E-state index is 13.4. The number of rotatable bonds is 4. The molecule has 0 radical (unpaired) electrons. The van der Waals surface area contributed by atoms with Crippen molar-refractivity contribution in [3.8, 4) is 0 Å². The lowest BCUT2D eigenvalue weighted by Crippen LogP contribution is -2.13. The van der Waals surface area contributed by atoms with E-state index in [1.54, 1.807) is 18.2 Å². The van der Waals surface area contributed by atoms with Crippen molar-refractivity contribution in [1.29, 1.82) is 0 Å². The molecule has 0 amide bonds. The molecule has 0 aliphatic carbocycles. The third kappa shape index (κ3) is 3.87. The SMILES string of the molecule is Nc1ccc(NCCc2ccccc2F)c(C(F)(F)F)c1. The van der Waals surface area contributed by atoms with Crippen LogP contribution in [0.2, 0.25) is 0 Å². The maximum Gasteiger partial charge on any atom is 0.418 e. The van der Waals surface area contributed by atoms with Gasteiger partial charge in [0.1, 0.15) is 5.82 Å². The molecule has 0 atom stereocenters. The summed E-state index contributed by atoms with van der Waals surface area (Å²) in [5.74, 6) is -0.368. The van der Waals surface area contributed by atoms with E-state index >= 15 is 0 Å². The van der Waals surface area contributed by atoms with Gasteiger partial charge in [-0.2, -0.15) is 13.2 Å². The predicted molar refractivity (Wildman–Crippen MR) is 74.5 cm³/mol. The minimum Gasteiger partial charge on any atom is -0.399 e. The molecule has 0 aliphatic rings. The Labute approximate surface area is 119 Å². The number of hydrogen-bond acceptors (Lipinski definition) is 2. The summed E-state index contributed by atoms with van der Waals surface area (Å²) >= 11 is 0. The van der Waals surface area contributed by atoms with Crippen molar-refractivity contribution in [2.75, 3.05) is 17.6 Å². The van der Waals surface area contributed by atoms with Gasteiger partial charge in [0, 0.05) is 17.9 Å². The smallest absolute Gasteiger partial charge is 0.399 e. The van der Waals surface area contributed by atoms with E-state index in [0.717, 1.165) is 6.07 Å². The van der Waals surface area contributed by atoms with Crippen LogP contribution in [-0.2, 0) is 12.6 Å². The third-order valence-electron chi connectivity index (χ3n) is 3.02. The van der Waals surface area contributed by atoms with E-state index < -0.39 is 11.7 Å². The van der Waals surface area contributed by atoms with Gasteiger partial charge in [-0.15, -0.1) is 0 Å². The Hall–Kier alpha value is -2.24. The number of benzene rings is 2. The highest BCUT2D eigenvalue weighted by Gasteiger charge is 2.33. The summed E-state index contributed by atoms with van der Waals surface area (Å²) < 4.78 is 52.1. The first kappa shape index (κ1) is 15.2. The van der Waals surface area contributed by atoms with Crippen molar-refractivity contribution >= 4 is 11.4 Å². The lowest BCUT2D eigenvalue weighted by molar-refractivity contribution is -0.136. The number of halogens is 4. The average molecular weight is 298 g/mol. The van der Waals surface area contributed by atoms with Gasteiger partial charge in [-0.25, -0.2) is 4.39 Å². The number of hydrogen-bond donors (Lipinski definition) is 2. The number of anilines is 2. The van der Waals surface area contributed by atoms with Crippen LogP contribution in [0.5, 0.6) is 0 Å². The van der Waals surface area contributed by atoms with E-state index in [9.17, 15) is 17.6 Å². The topological polar surface area (TPSA) is 38.0 Å². The minimum absolute atomic E-state index is 0.0435. The van der Waals surface area contributed by atoms with Crippen molar-refractivity contribution in [2.45, 2.75) is 12.6 Å². The average Bonchev–Trinajstić information content (AvgIpc) is 2.41. The predicted octanol–water partition coefficient (Wildman–Crippen LogP) is 4.08. The maximum atomic E-state index is 13.4. The third-order valence-corrected chi connectivity index (χ3v) is 3.02. The van der Waals surface area contributed by atoms with Gasteiger partial charge >= 0.3 is 6.18 Å². The Morgan fingerprint density at radius 2 is 1.76 bits per heavy atom. The van der Waals surface area contributed by atoms with Crippen molar-refractivity contribution in [3.05, 3.63) is 59.4 Å². The van der Waals surface area contributed by atoms with Crippen molar-refractivity contribution < 1.29 is 17.6 Å². The molecule has 0 spiro atoms. The molecule has 0 saturated heterocycles. The van der Waals surface area contributed by atoms with Gasteiger partial charge in [0.05, 0.1) is 5.56 Å². The van der Waals surface area contributed by atoms with Crippen LogP contribution in [0.3, 0.4) is 0 Å². The van der Waals surface area contributed by atoms with Crippen LogP contribution in [0.25, 0.3) is 0 Å². The van der Waals surface area contributed by atoms with E-state index in [2.05, 4.69) is 5.32 Å². The summed E-state index contributed by atoms with van der Waals surface area (Å²) in [4.78, 5) is 0. The van der Waals surface area contributed by atoms with Crippen LogP contribution < -0.4 is 11.1 Å². The summed E-state index contributed by atoms with van der Waals surface area (Å²) in [6, 6.07) is 9.72. The van der Waals surface area contributed by atoms with Gasteiger partial charge in [-0.1, -0.05) is 18.2 Å². The summed E-state index contributed by atoms with van der Waals surface area (Å²) in [7, 11) is 0. The molecule has 0 unspecified atom stereocenters. The van der Waals surface area contributed by atoms with Crippen molar-refractivity contribution in [2.24, 2.45) is 0 Å². The molecule has 3 N–H and O–H groups in total. The highest BCUT2D eigenvalue weighted by atomic mass is 19.4. The quantitative estimate of drug-likeness (QED) is 0.659. The van der Waals surface area contributed by atoms with Gasteiger partial charge in [-0.3, -0.25) is 0 Å². The fourth-order valence-electron chi connectivity index (χ4n) is 1.98. The first-order chi connectivity index (χ1) is 9.88. The van der Waals surface area contributed by atoms with Gasteiger partial charge in [0.15, 0.2) is 0 Å². The highest BCUT2D eigenvalue weighted by Crippen LogP contribution is 2.36. The Bertz CT molecular complexity index is 623. The Morgan fingerprint density at radius 3 is 2.43 bits per heavy atom. The van der Waals surface area contributed by atoms with E-state index in [0.29, 0.717) is 5.56 Å². The number of nitrogens with two attached hydrogens (primary N) is 1. The van der Waals surface area contributed by atoms with Crippen LogP contribution in [0.1, 0.15) is 11.1 Å². The normalized spacial score (nSPS) is 11.4. The Kier molecular flexibility index (Phi) is 4.35. The van der Waals surface area contributed by atoms with Gasteiger partial charge < -0.3 is 11.1 Å². The van der Waals surface area contributed by atoms with Gasteiger partial charge in [0.2, 0.25) is 0 Å². The standard InChI is InChI=1S/C15H14F4N2/c16-13-4-2-1-3-10(13)7-8-21-14-6-5-11(20)9-12(14)15(17,18)19/h1-6,9,21H,7-8,20H2. The van der Waals surface area contributed by atoms with E-state index in [4.69, 9.17) is 5.73 Å². The van der Waals surface area contributed by atoms with E-state index in [-0.39, 0.29) is 30.2 Å². The highest BCUT2D eigenvalue weighted by molar-refractivity contribution is 5.59. The molecule has 2 nitrogen and oxygen atoms in total. The monoisotopic (exact) mass is 298 g/mol. The molecular formula is C15H14F4N2. The van der Waals surface area contributed by atoms with E-state index in [1.165, 1.54) is 18.2 Å². The molecule has 0 heterocycles. The van der Waals surface area contributed by atoms with Gasteiger partial charge in [0.25, 0.3) is 0 Å². The van der Waals surface area contributed by atoms with Crippen LogP contribution in [-0.4, -0.2) is 6.54 Å². The summed E-state index contributed by atoms with van der Waals surface area (Å²) in [6.07, 6.45) is -4.20. The lowest BCUT2D eigenvalue weighted by atomic mass is 10.1. The first-order valence-electron chi connectivity index (χ1n) is 6.32. The van der Waals surface area contributed by atoms with E-state index in [1.807, 2.05) is 0 Å². The van der Waals surface area contributed by atoms with Crippen molar-refractivity contribution in [1.82, 2.24) is 0 Å². The fourth-order valence-corrected chi connectivity index (χ4v) is 1.98. The summed E-state index contributed by atoms with van der Waals surface area (Å²) in [5.41, 5.74) is 5.00. The molecule has 2 rings (SSSR count). The van der Waals surface area contributed by atoms with Crippen LogP contribution in [0, 0.1) is 5.82 Å². The summed E-state index contributed by atoms with van der Waals surface area (Å²) in [5, 5.41) is 2.68. The Balaban J connectivity index is 2.09. The first-order valence-corrected chi connectivity index (χ1v) is 6.32. The fraction of sp³-hybridized carbons (Fsp3) is 0.200. The molecule has 0 fully saturated rings. The number of alkyl halides is 3. The molecule has 0 aromatic heterocycles. The van der Waals surface area contributed by atoms with Crippen LogP contribution in [0.4, 0.5) is 28.9 Å². The van der Waals surface area contributed by atoms with Crippen molar-refractivity contribution in [3.63, 3.8) is 0 Å².